The van der Waals surface area contributed by atoms with E-state index in [1.807, 2.05) is 32.0 Å². The summed E-state index contributed by atoms with van der Waals surface area (Å²) in [5.74, 6) is 0.327. The third kappa shape index (κ3) is 2.05. The zero-order chi connectivity index (χ0) is 10.6. The second-order valence-corrected chi connectivity index (χ2v) is 2.98. The van der Waals surface area contributed by atoms with Crippen molar-refractivity contribution in [2.45, 2.75) is 20.8 Å². The number of aromatic hydroxyl groups is 1. The molecule has 1 N–H and O–H groups in total. The van der Waals surface area contributed by atoms with Crippen molar-refractivity contribution in [2.24, 2.45) is 0 Å². The van der Waals surface area contributed by atoms with Gasteiger partial charge in [-0.25, -0.2) is 0 Å². The Morgan fingerprint density at radius 1 is 1.00 bits per heavy atom. The SMILES string of the molecule is CC.Cc1cccc2cc(O)ccc12. The number of aryl methyl sites for hydroxylation is 1. The van der Waals surface area contributed by atoms with Gasteiger partial charge in [-0.1, -0.05) is 38.1 Å². The fraction of sp³-hybridized carbons (Fsp3) is 0.231. The normalized spacial score (nSPS) is 9.36. The highest BCUT2D eigenvalue weighted by atomic mass is 16.3. The van der Waals surface area contributed by atoms with E-state index in [4.69, 9.17) is 0 Å². The Labute approximate surface area is 85.0 Å². The zero-order valence-corrected chi connectivity index (χ0v) is 8.91. The Bertz CT molecular complexity index is 419. The molecule has 0 heterocycles. The smallest absolute Gasteiger partial charge is 0.116 e. The first kappa shape index (κ1) is 10.6. The summed E-state index contributed by atoms with van der Waals surface area (Å²) in [7, 11) is 0. The van der Waals surface area contributed by atoms with E-state index in [0.29, 0.717) is 5.75 Å². The number of benzene rings is 2. The summed E-state index contributed by atoms with van der Waals surface area (Å²) in [4.78, 5) is 0. The van der Waals surface area contributed by atoms with E-state index in [0.717, 1.165) is 5.39 Å². The van der Waals surface area contributed by atoms with Gasteiger partial charge in [0.1, 0.15) is 5.75 Å². The van der Waals surface area contributed by atoms with Crippen LogP contribution in [0.25, 0.3) is 10.8 Å². The Morgan fingerprint density at radius 3 is 2.43 bits per heavy atom. The van der Waals surface area contributed by atoms with Gasteiger partial charge < -0.3 is 5.11 Å². The van der Waals surface area contributed by atoms with Gasteiger partial charge in [-0.15, -0.1) is 0 Å². The first-order chi connectivity index (χ1) is 6.77. The number of phenolic OH excluding ortho intramolecular Hbond substituents is 1. The molecule has 0 aliphatic carbocycles. The third-order valence-corrected chi connectivity index (χ3v) is 2.08. The summed E-state index contributed by atoms with van der Waals surface area (Å²) >= 11 is 0. The lowest BCUT2D eigenvalue weighted by Gasteiger charge is -2.01. The van der Waals surface area contributed by atoms with Crippen LogP contribution < -0.4 is 0 Å². The van der Waals surface area contributed by atoms with Crippen molar-refractivity contribution in [3.8, 4) is 5.75 Å². The first-order valence-electron chi connectivity index (χ1n) is 4.96. The Balaban J connectivity index is 0.000000461. The van der Waals surface area contributed by atoms with E-state index in [9.17, 15) is 5.11 Å². The van der Waals surface area contributed by atoms with Crippen molar-refractivity contribution < 1.29 is 5.11 Å². The lowest BCUT2D eigenvalue weighted by molar-refractivity contribution is 0.476. The summed E-state index contributed by atoms with van der Waals surface area (Å²) < 4.78 is 0. The van der Waals surface area contributed by atoms with E-state index in [2.05, 4.69) is 13.0 Å². The number of rotatable bonds is 0. The molecule has 2 aromatic rings. The van der Waals surface area contributed by atoms with Crippen molar-refractivity contribution in [3.63, 3.8) is 0 Å². The Morgan fingerprint density at radius 2 is 1.71 bits per heavy atom. The molecule has 0 aliphatic heterocycles. The maximum atomic E-state index is 9.22. The summed E-state index contributed by atoms with van der Waals surface area (Å²) in [6.45, 7) is 6.07. The van der Waals surface area contributed by atoms with E-state index < -0.39 is 0 Å². The summed E-state index contributed by atoms with van der Waals surface area (Å²) in [6, 6.07) is 11.5. The second kappa shape index (κ2) is 4.66. The molecule has 1 heteroatoms. The minimum Gasteiger partial charge on any atom is -0.508 e. The molecule has 0 unspecified atom stereocenters. The molecule has 0 amide bonds. The molecule has 0 aliphatic rings. The van der Waals surface area contributed by atoms with Crippen LogP contribution in [-0.2, 0) is 0 Å². The van der Waals surface area contributed by atoms with Crippen LogP contribution in [0.3, 0.4) is 0 Å². The third-order valence-electron chi connectivity index (χ3n) is 2.08. The van der Waals surface area contributed by atoms with Crippen LogP contribution in [0, 0.1) is 6.92 Å². The zero-order valence-electron chi connectivity index (χ0n) is 8.91. The molecule has 1 nitrogen and oxygen atoms in total. The van der Waals surface area contributed by atoms with Gasteiger partial charge in [0.05, 0.1) is 0 Å². The van der Waals surface area contributed by atoms with E-state index >= 15 is 0 Å². The molecule has 0 radical (unpaired) electrons. The van der Waals surface area contributed by atoms with E-state index in [1.54, 1.807) is 12.1 Å². The second-order valence-electron chi connectivity index (χ2n) is 2.98. The van der Waals surface area contributed by atoms with E-state index in [-0.39, 0.29) is 0 Å². The number of hydrogen-bond donors (Lipinski definition) is 1. The number of hydrogen-bond acceptors (Lipinski definition) is 1. The molecule has 0 fully saturated rings. The molecule has 14 heavy (non-hydrogen) atoms. The highest BCUT2D eigenvalue weighted by molar-refractivity contribution is 5.86. The van der Waals surface area contributed by atoms with Crippen molar-refractivity contribution in [1.29, 1.82) is 0 Å². The molecule has 0 atom stereocenters. The fourth-order valence-corrected chi connectivity index (χ4v) is 1.43. The summed E-state index contributed by atoms with van der Waals surface area (Å²) in [6.07, 6.45) is 0. The maximum absolute atomic E-state index is 9.22. The van der Waals surface area contributed by atoms with Crippen LogP contribution in [0.2, 0.25) is 0 Å². The largest absolute Gasteiger partial charge is 0.508 e. The molecular weight excluding hydrogens is 172 g/mol. The van der Waals surface area contributed by atoms with Gasteiger partial charge in [0.25, 0.3) is 0 Å². The predicted octanol–water partition coefficient (Wildman–Crippen LogP) is 3.88. The molecule has 0 saturated carbocycles. The average Bonchev–Trinajstić information content (AvgIpc) is 2.21. The minimum atomic E-state index is 0.327. The molecule has 0 aromatic heterocycles. The molecule has 2 aromatic carbocycles. The van der Waals surface area contributed by atoms with Crippen molar-refractivity contribution >= 4 is 10.8 Å². The van der Waals surface area contributed by atoms with Gasteiger partial charge >= 0.3 is 0 Å². The molecule has 74 valence electrons. The topological polar surface area (TPSA) is 20.2 Å². The van der Waals surface area contributed by atoms with Crippen LogP contribution in [-0.4, -0.2) is 5.11 Å². The lowest BCUT2D eigenvalue weighted by atomic mass is 10.1. The van der Waals surface area contributed by atoms with Crippen molar-refractivity contribution in [1.82, 2.24) is 0 Å². The molecule has 0 spiro atoms. The summed E-state index contributed by atoms with van der Waals surface area (Å²) in [5.41, 5.74) is 1.24. The maximum Gasteiger partial charge on any atom is 0.116 e. The highest BCUT2D eigenvalue weighted by Crippen LogP contribution is 2.22. The molecule has 0 saturated heterocycles. The van der Waals surface area contributed by atoms with E-state index in [1.165, 1.54) is 10.9 Å². The molecule has 2 rings (SSSR count). The van der Waals surface area contributed by atoms with Gasteiger partial charge in [-0.3, -0.25) is 0 Å². The standard InChI is InChI=1S/C11H10O.C2H6/c1-8-3-2-4-9-7-10(12)5-6-11(8)9;1-2/h2-7,12H,1H3;1-2H3. The number of fused-ring (bicyclic) bond motifs is 1. The lowest BCUT2D eigenvalue weighted by Crippen LogP contribution is -1.76. The Hall–Kier alpha value is -1.50. The van der Waals surface area contributed by atoms with Crippen LogP contribution in [0.5, 0.6) is 5.75 Å². The Kier molecular flexibility index (Phi) is 3.52. The fourth-order valence-electron chi connectivity index (χ4n) is 1.43. The van der Waals surface area contributed by atoms with Crippen molar-refractivity contribution in [2.75, 3.05) is 0 Å². The van der Waals surface area contributed by atoms with Gasteiger partial charge in [0.15, 0.2) is 0 Å². The van der Waals surface area contributed by atoms with Crippen LogP contribution in [0.15, 0.2) is 36.4 Å². The van der Waals surface area contributed by atoms with Crippen LogP contribution >= 0.6 is 0 Å². The van der Waals surface area contributed by atoms with Gasteiger partial charge in [-0.05, 0) is 35.4 Å². The first-order valence-corrected chi connectivity index (χ1v) is 4.96. The summed E-state index contributed by atoms with van der Waals surface area (Å²) in [5, 5.41) is 11.5. The van der Waals surface area contributed by atoms with Gasteiger partial charge in [-0.2, -0.15) is 0 Å². The van der Waals surface area contributed by atoms with Crippen molar-refractivity contribution in [3.05, 3.63) is 42.0 Å². The quantitative estimate of drug-likeness (QED) is 0.665. The molecule has 0 bridgehead atoms. The van der Waals surface area contributed by atoms with Crippen LogP contribution in [0.4, 0.5) is 0 Å². The van der Waals surface area contributed by atoms with Gasteiger partial charge in [0.2, 0.25) is 0 Å². The molecular formula is C13H16O. The minimum absolute atomic E-state index is 0.327. The monoisotopic (exact) mass is 188 g/mol. The predicted molar refractivity (Wildman–Crippen MR) is 61.7 cm³/mol. The highest BCUT2D eigenvalue weighted by Gasteiger charge is 1.96. The van der Waals surface area contributed by atoms with Crippen LogP contribution in [0.1, 0.15) is 19.4 Å². The number of phenols is 1. The van der Waals surface area contributed by atoms with Gasteiger partial charge in [0, 0.05) is 0 Å². The average molecular weight is 188 g/mol.